The minimum Gasteiger partial charge on any atom is -0.338 e. The molecule has 3 heterocycles. The number of nitrogens with one attached hydrogen (secondary N) is 2. The highest BCUT2D eigenvalue weighted by atomic mass is 35.5. The first-order valence-electron chi connectivity index (χ1n) is 11.0. The van der Waals surface area contributed by atoms with E-state index in [-0.39, 0.29) is 23.3 Å². The van der Waals surface area contributed by atoms with Gasteiger partial charge in [-0.2, -0.15) is 0 Å². The maximum absolute atomic E-state index is 13.3. The van der Waals surface area contributed by atoms with Crippen LogP contribution in [0.4, 0.5) is 20.6 Å². The number of pyridine rings is 1. The number of piperidine rings is 1. The van der Waals surface area contributed by atoms with Crippen molar-refractivity contribution in [3.05, 3.63) is 93.1 Å². The minimum absolute atomic E-state index is 0.114. The summed E-state index contributed by atoms with van der Waals surface area (Å²) in [6.07, 6.45) is 0.810. The molecule has 1 saturated heterocycles. The van der Waals surface area contributed by atoms with Crippen LogP contribution in [0.2, 0.25) is 5.02 Å². The minimum atomic E-state index is -0.444. The van der Waals surface area contributed by atoms with E-state index in [9.17, 15) is 18.8 Å². The molecule has 2 bridgehead atoms. The quantitative estimate of drug-likeness (QED) is 0.577. The normalized spacial score (nSPS) is 18.7. The van der Waals surface area contributed by atoms with Crippen LogP contribution in [-0.2, 0) is 6.54 Å². The van der Waals surface area contributed by atoms with E-state index in [4.69, 9.17) is 11.6 Å². The molecule has 1 fully saturated rings. The smallest absolute Gasteiger partial charge is 0.323 e. The second-order valence-electron chi connectivity index (χ2n) is 8.68. The molecule has 7 nitrogen and oxygen atoms in total. The van der Waals surface area contributed by atoms with Gasteiger partial charge in [0.05, 0.1) is 5.69 Å². The SMILES string of the molecule is O=C(Nc1ccc(Cl)cc1)Nc1ccc(=O)n2c1C1CC(CN(C(=O)c3ccc(F)cc3)C1)C2. The Morgan fingerprint density at radius 1 is 0.912 bits per heavy atom. The number of hydrogen-bond donors (Lipinski definition) is 2. The first kappa shape index (κ1) is 22.2. The Morgan fingerprint density at radius 3 is 2.38 bits per heavy atom. The number of halogens is 2. The molecule has 34 heavy (non-hydrogen) atoms. The highest BCUT2D eigenvalue weighted by Crippen LogP contribution is 2.39. The van der Waals surface area contributed by atoms with Crippen molar-refractivity contribution in [2.75, 3.05) is 23.7 Å². The number of hydrogen-bond acceptors (Lipinski definition) is 3. The van der Waals surface area contributed by atoms with Crippen molar-refractivity contribution in [3.8, 4) is 0 Å². The van der Waals surface area contributed by atoms with E-state index in [1.54, 1.807) is 39.8 Å². The highest BCUT2D eigenvalue weighted by Gasteiger charge is 2.38. The molecule has 0 spiro atoms. The average molecular weight is 481 g/mol. The van der Waals surface area contributed by atoms with Crippen molar-refractivity contribution in [3.63, 3.8) is 0 Å². The maximum atomic E-state index is 13.3. The van der Waals surface area contributed by atoms with E-state index >= 15 is 0 Å². The third-order valence-corrected chi connectivity index (χ3v) is 6.57. The largest absolute Gasteiger partial charge is 0.338 e. The van der Waals surface area contributed by atoms with Crippen molar-refractivity contribution in [1.82, 2.24) is 9.47 Å². The Labute approximate surface area is 200 Å². The number of aromatic nitrogens is 1. The number of carbonyl (C=O) groups is 2. The molecule has 3 amide bonds. The predicted molar refractivity (Wildman–Crippen MR) is 128 cm³/mol. The number of urea groups is 1. The zero-order valence-corrected chi connectivity index (χ0v) is 18.9. The fraction of sp³-hybridized carbons (Fsp3) is 0.240. The van der Waals surface area contributed by atoms with Gasteiger partial charge in [-0.25, -0.2) is 9.18 Å². The van der Waals surface area contributed by atoms with Gasteiger partial charge in [-0.15, -0.1) is 0 Å². The lowest BCUT2D eigenvalue weighted by atomic mass is 9.82. The van der Waals surface area contributed by atoms with E-state index < -0.39 is 11.8 Å². The third kappa shape index (κ3) is 4.41. The molecule has 0 saturated carbocycles. The maximum Gasteiger partial charge on any atom is 0.323 e. The summed E-state index contributed by atoms with van der Waals surface area (Å²) in [4.78, 5) is 40.1. The fourth-order valence-corrected chi connectivity index (χ4v) is 5.01. The molecule has 2 aromatic carbocycles. The van der Waals surface area contributed by atoms with Crippen molar-refractivity contribution in [1.29, 1.82) is 0 Å². The third-order valence-electron chi connectivity index (χ3n) is 6.32. The van der Waals surface area contributed by atoms with Gasteiger partial charge in [-0.1, -0.05) is 11.6 Å². The van der Waals surface area contributed by atoms with Crippen LogP contribution in [-0.4, -0.2) is 34.5 Å². The summed E-state index contributed by atoms with van der Waals surface area (Å²) in [6, 6.07) is 14.9. The number of fused-ring (bicyclic) bond motifs is 4. The number of amides is 3. The standard InChI is InChI=1S/C25H22ClFN4O3/c26-18-3-7-20(8-4-18)28-25(34)29-21-9-10-22(32)31-13-15-11-17(23(21)31)14-30(12-15)24(33)16-1-5-19(27)6-2-16/h1-10,15,17H,11-14H2,(H2,28,29,34). The van der Waals surface area contributed by atoms with Crippen molar-refractivity contribution < 1.29 is 14.0 Å². The molecule has 2 unspecified atom stereocenters. The Hall–Kier alpha value is -3.65. The topological polar surface area (TPSA) is 83.4 Å². The molecular weight excluding hydrogens is 459 g/mol. The van der Waals surface area contributed by atoms with Gasteiger partial charge in [0.15, 0.2) is 0 Å². The number of rotatable bonds is 3. The number of benzene rings is 2. The lowest BCUT2D eigenvalue weighted by molar-refractivity contribution is 0.0595. The molecule has 5 rings (SSSR count). The van der Waals surface area contributed by atoms with Crippen LogP contribution in [0.3, 0.4) is 0 Å². The van der Waals surface area contributed by atoms with E-state index in [2.05, 4.69) is 10.6 Å². The first-order valence-corrected chi connectivity index (χ1v) is 11.4. The molecule has 174 valence electrons. The highest BCUT2D eigenvalue weighted by molar-refractivity contribution is 6.30. The molecule has 1 aromatic heterocycles. The van der Waals surface area contributed by atoms with Crippen LogP contribution in [0.25, 0.3) is 0 Å². The van der Waals surface area contributed by atoms with E-state index in [1.807, 2.05) is 0 Å². The average Bonchev–Trinajstić information content (AvgIpc) is 2.82. The summed E-state index contributed by atoms with van der Waals surface area (Å²) in [6.45, 7) is 1.39. The number of anilines is 2. The summed E-state index contributed by atoms with van der Waals surface area (Å²) >= 11 is 5.90. The molecule has 2 aliphatic rings. The Bertz CT molecular complexity index is 1310. The summed E-state index contributed by atoms with van der Waals surface area (Å²) in [5.41, 5.74) is 2.12. The summed E-state index contributed by atoms with van der Waals surface area (Å²) < 4.78 is 15.0. The summed E-state index contributed by atoms with van der Waals surface area (Å²) in [5, 5.41) is 6.18. The molecule has 0 aliphatic carbocycles. The Balaban J connectivity index is 1.39. The van der Waals surface area contributed by atoms with Gasteiger partial charge in [0, 0.05) is 53.6 Å². The van der Waals surface area contributed by atoms with Gasteiger partial charge in [-0.05, 0) is 66.9 Å². The molecule has 0 radical (unpaired) electrons. The fourth-order valence-electron chi connectivity index (χ4n) is 4.88. The summed E-state index contributed by atoms with van der Waals surface area (Å²) in [5.74, 6) is -0.562. The van der Waals surface area contributed by atoms with Gasteiger partial charge >= 0.3 is 6.03 Å². The van der Waals surface area contributed by atoms with Crippen LogP contribution in [0.5, 0.6) is 0 Å². The lowest BCUT2D eigenvalue weighted by Gasteiger charge is -2.43. The second kappa shape index (κ2) is 8.95. The van der Waals surface area contributed by atoms with Crippen LogP contribution in [0.15, 0.2) is 65.5 Å². The zero-order valence-electron chi connectivity index (χ0n) is 18.1. The van der Waals surface area contributed by atoms with Gasteiger partial charge in [-0.3, -0.25) is 9.59 Å². The summed E-state index contributed by atoms with van der Waals surface area (Å²) in [7, 11) is 0. The lowest BCUT2D eigenvalue weighted by Crippen LogP contribution is -2.49. The molecule has 2 aliphatic heterocycles. The monoisotopic (exact) mass is 480 g/mol. The molecule has 3 aromatic rings. The van der Waals surface area contributed by atoms with E-state index in [1.165, 1.54) is 30.3 Å². The Morgan fingerprint density at radius 2 is 1.65 bits per heavy atom. The van der Waals surface area contributed by atoms with Crippen LogP contribution in [0.1, 0.15) is 28.4 Å². The van der Waals surface area contributed by atoms with Crippen molar-refractivity contribution in [2.45, 2.75) is 18.9 Å². The van der Waals surface area contributed by atoms with Gasteiger partial charge in [0.25, 0.3) is 11.5 Å². The van der Waals surface area contributed by atoms with Crippen LogP contribution < -0.4 is 16.2 Å². The van der Waals surface area contributed by atoms with Gasteiger partial charge in [0.2, 0.25) is 0 Å². The van der Waals surface area contributed by atoms with E-state index in [0.29, 0.717) is 47.3 Å². The van der Waals surface area contributed by atoms with Gasteiger partial charge in [0.1, 0.15) is 5.82 Å². The predicted octanol–water partition coefficient (Wildman–Crippen LogP) is 4.54. The van der Waals surface area contributed by atoms with Crippen LogP contribution in [0, 0.1) is 11.7 Å². The van der Waals surface area contributed by atoms with Crippen molar-refractivity contribution >= 4 is 34.9 Å². The molecule has 2 N–H and O–H groups in total. The number of likely N-dealkylation sites (tertiary alicyclic amines) is 1. The van der Waals surface area contributed by atoms with Gasteiger partial charge < -0.3 is 20.1 Å². The molecule has 2 atom stereocenters. The van der Waals surface area contributed by atoms with Crippen molar-refractivity contribution in [2.24, 2.45) is 5.92 Å². The number of nitrogens with zero attached hydrogens (tertiary/aromatic N) is 2. The molecular formula is C25H22ClFN4O3. The number of carbonyl (C=O) groups excluding carboxylic acids is 2. The molecule has 9 heteroatoms. The Kier molecular flexibility index (Phi) is 5.83. The second-order valence-corrected chi connectivity index (χ2v) is 9.12. The van der Waals surface area contributed by atoms with E-state index in [0.717, 1.165) is 6.42 Å². The zero-order chi connectivity index (χ0) is 23.8. The first-order chi connectivity index (χ1) is 16.4. The van der Waals surface area contributed by atoms with Crippen LogP contribution >= 0.6 is 11.6 Å².